The first kappa shape index (κ1) is 13.2. The van der Waals surface area contributed by atoms with Crippen LogP contribution in [0.3, 0.4) is 0 Å². The van der Waals surface area contributed by atoms with Crippen LogP contribution in [0.5, 0.6) is 0 Å². The third-order valence-corrected chi connectivity index (χ3v) is 2.43. The molecule has 1 atom stereocenters. The Hall–Kier alpha value is -0.790. The van der Waals surface area contributed by atoms with Crippen molar-refractivity contribution in [3.05, 3.63) is 12.8 Å². The van der Waals surface area contributed by atoms with E-state index >= 15 is 0 Å². The summed E-state index contributed by atoms with van der Waals surface area (Å²) in [6, 6.07) is 0. The molecule has 0 spiro atoms. The Morgan fingerprint density at radius 2 is 2.07 bits per heavy atom. The van der Waals surface area contributed by atoms with E-state index in [0.29, 0.717) is 0 Å². The molecule has 82 valence electrons. The zero-order valence-corrected chi connectivity index (χ0v) is 9.42. The van der Waals surface area contributed by atoms with Gasteiger partial charge in [-0.3, -0.25) is 4.79 Å². The zero-order valence-electron chi connectivity index (χ0n) is 9.42. The summed E-state index contributed by atoms with van der Waals surface area (Å²) in [5.41, 5.74) is 0. The van der Waals surface area contributed by atoms with Crippen LogP contribution in [0.15, 0.2) is 12.8 Å². The van der Waals surface area contributed by atoms with Crippen LogP contribution >= 0.6 is 0 Å². The van der Waals surface area contributed by atoms with Gasteiger partial charge in [-0.2, -0.15) is 0 Å². The highest BCUT2D eigenvalue weighted by Crippen LogP contribution is 2.15. The standard InChI is InChI=1S/C12H22O2/c1-4-7-8-9-10-11(5-2)12(13)14-6-3/h6,11H,3-5,7-10H2,1-2H3. The van der Waals surface area contributed by atoms with Gasteiger partial charge in [0, 0.05) is 0 Å². The smallest absolute Gasteiger partial charge is 0.313 e. The molecule has 0 aliphatic carbocycles. The summed E-state index contributed by atoms with van der Waals surface area (Å²) in [7, 11) is 0. The molecule has 0 aromatic heterocycles. The van der Waals surface area contributed by atoms with Crippen molar-refractivity contribution in [1.29, 1.82) is 0 Å². The fraction of sp³-hybridized carbons (Fsp3) is 0.750. The third kappa shape index (κ3) is 5.79. The minimum Gasteiger partial charge on any atom is -0.435 e. The monoisotopic (exact) mass is 198 g/mol. The average molecular weight is 198 g/mol. The topological polar surface area (TPSA) is 26.3 Å². The van der Waals surface area contributed by atoms with Gasteiger partial charge in [0.05, 0.1) is 12.2 Å². The molecular formula is C12H22O2. The number of carbonyl (C=O) groups excluding carboxylic acids is 1. The van der Waals surface area contributed by atoms with Crippen LogP contribution in [-0.4, -0.2) is 5.97 Å². The van der Waals surface area contributed by atoms with Crippen LogP contribution in [0, 0.1) is 5.92 Å². The largest absolute Gasteiger partial charge is 0.435 e. The molecule has 0 bridgehead atoms. The fourth-order valence-corrected chi connectivity index (χ4v) is 1.48. The summed E-state index contributed by atoms with van der Waals surface area (Å²) in [5.74, 6) is -0.0659. The highest BCUT2D eigenvalue weighted by Gasteiger charge is 2.16. The van der Waals surface area contributed by atoms with Crippen LogP contribution in [0.4, 0.5) is 0 Å². The van der Waals surface area contributed by atoms with Crippen LogP contribution in [0.25, 0.3) is 0 Å². The van der Waals surface area contributed by atoms with Crippen molar-refractivity contribution in [1.82, 2.24) is 0 Å². The maximum atomic E-state index is 11.3. The van der Waals surface area contributed by atoms with Crippen LogP contribution < -0.4 is 0 Å². The van der Waals surface area contributed by atoms with E-state index in [1.165, 1.54) is 25.5 Å². The summed E-state index contributed by atoms with van der Waals surface area (Å²) in [6.45, 7) is 7.59. The average Bonchev–Trinajstić information content (AvgIpc) is 2.18. The number of ether oxygens (including phenoxy) is 1. The lowest BCUT2D eigenvalue weighted by Gasteiger charge is -2.11. The molecule has 0 amide bonds. The minimum absolute atomic E-state index is 0.0601. The Morgan fingerprint density at radius 1 is 1.36 bits per heavy atom. The first-order valence-electron chi connectivity index (χ1n) is 5.57. The lowest BCUT2D eigenvalue weighted by Crippen LogP contribution is -2.14. The molecule has 1 unspecified atom stereocenters. The quantitative estimate of drug-likeness (QED) is 0.338. The van der Waals surface area contributed by atoms with Gasteiger partial charge in [0.2, 0.25) is 0 Å². The first-order valence-corrected chi connectivity index (χ1v) is 5.57. The Labute approximate surface area is 87.3 Å². The van der Waals surface area contributed by atoms with Crippen LogP contribution in [-0.2, 0) is 9.53 Å². The van der Waals surface area contributed by atoms with Gasteiger partial charge in [-0.05, 0) is 12.8 Å². The molecule has 0 saturated carbocycles. The summed E-state index contributed by atoms with van der Waals surface area (Å²) < 4.78 is 4.78. The third-order valence-electron chi connectivity index (χ3n) is 2.43. The first-order chi connectivity index (χ1) is 6.76. The SMILES string of the molecule is C=COC(=O)C(CC)CCCCCC. The second-order valence-corrected chi connectivity index (χ2v) is 3.56. The molecule has 14 heavy (non-hydrogen) atoms. The summed E-state index contributed by atoms with van der Waals surface area (Å²) in [4.78, 5) is 11.3. The molecule has 0 aromatic rings. The molecule has 0 fully saturated rings. The molecule has 0 aliphatic heterocycles. The number of hydrogen-bond acceptors (Lipinski definition) is 2. The minimum atomic E-state index is -0.126. The maximum absolute atomic E-state index is 11.3. The number of unbranched alkanes of at least 4 members (excludes halogenated alkanes) is 3. The van der Waals surface area contributed by atoms with Gasteiger partial charge >= 0.3 is 5.97 Å². The van der Waals surface area contributed by atoms with E-state index in [9.17, 15) is 4.79 Å². The van der Waals surface area contributed by atoms with Gasteiger partial charge in [-0.1, -0.05) is 46.1 Å². The predicted octanol–water partition coefficient (Wildman–Crippen LogP) is 3.67. The Bertz CT molecular complexity index is 164. The van der Waals surface area contributed by atoms with Gasteiger partial charge in [-0.25, -0.2) is 0 Å². The second-order valence-electron chi connectivity index (χ2n) is 3.56. The lowest BCUT2D eigenvalue weighted by molar-refractivity contribution is -0.143. The van der Waals surface area contributed by atoms with Crippen molar-refractivity contribution < 1.29 is 9.53 Å². The normalized spacial score (nSPS) is 12.1. The highest BCUT2D eigenvalue weighted by atomic mass is 16.5. The number of hydrogen-bond donors (Lipinski definition) is 0. The molecule has 0 N–H and O–H groups in total. The van der Waals surface area contributed by atoms with Gasteiger partial charge in [-0.15, -0.1) is 0 Å². The van der Waals surface area contributed by atoms with E-state index in [-0.39, 0.29) is 11.9 Å². The van der Waals surface area contributed by atoms with E-state index in [0.717, 1.165) is 19.3 Å². The zero-order chi connectivity index (χ0) is 10.8. The molecular weight excluding hydrogens is 176 g/mol. The molecule has 0 aliphatic rings. The summed E-state index contributed by atoms with van der Waals surface area (Å²) in [6.07, 6.45) is 7.85. The molecule has 0 aromatic carbocycles. The van der Waals surface area contributed by atoms with E-state index in [4.69, 9.17) is 4.74 Å². The van der Waals surface area contributed by atoms with Gasteiger partial charge in [0.1, 0.15) is 0 Å². The van der Waals surface area contributed by atoms with E-state index < -0.39 is 0 Å². The maximum Gasteiger partial charge on any atom is 0.313 e. The lowest BCUT2D eigenvalue weighted by atomic mass is 9.98. The molecule has 0 heterocycles. The summed E-state index contributed by atoms with van der Waals surface area (Å²) >= 11 is 0. The highest BCUT2D eigenvalue weighted by molar-refractivity contribution is 5.72. The second kappa shape index (κ2) is 8.79. The van der Waals surface area contributed by atoms with Crippen LogP contribution in [0.1, 0.15) is 52.4 Å². The van der Waals surface area contributed by atoms with Crippen LogP contribution in [0.2, 0.25) is 0 Å². The van der Waals surface area contributed by atoms with Crippen molar-refractivity contribution in [2.45, 2.75) is 52.4 Å². The number of rotatable bonds is 8. The molecule has 2 heteroatoms. The van der Waals surface area contributed by atoms with Gasteiger partial charge in [0.25, 0.3) is 0 Å². The van der Waals surface area contributed by atoms with Crippen molar-refractivity contribution in [3.8, 4) is 0 Å². The van der Waals surface area contributed by atoms with E-state index in [2.05, 4.69) is 13.5 Å². The van der Waals surface area contributed by atoms with Crippen molar-refractivity contribution in [2.75, 3.05) is 0 Å². The van der Waals surface area contributed by atoms with Crippen molar-refractivity contribution in [3.63, 3.8) is 0 Å². The number of esters is 1. The Morgan fingerprint density at radius 3 is 2.57 bits per heavy atom. The molecule has 0 saturated heterocycles. The predicted molar refractivity (Wildman–Crippen MR) is 58.8 cm³/mol. The van der Waals surface area contributed by atoms with E-state index in [1.54, 1.807) is 0 Å². The van der Waals surface area contributed by atoms with Gasteiger partial charge in [0.15, 0.2) is 0 Å². The van der Waals surface area contributed by atoms with Gasteiger partial charge < -0.3 is 4.74 Å². The fourth-order valence-electron chi connectivity index (χ4n) is 1.48. The number of carbonyl (C=O) groups is 1. The van der Waals surface area contributed by atoms with Crippen molar-refractivity contribution in [2.24, 2.45) is 5.92 Å². The molecule has 0 rings (SSSR count). The molecule has 0 radical (unpaired) electrons. The Kier molecular flexibility index (Phi) is 8.30. The summed E-state index contributed by atoms with van der Waals surface area (Å²) in [5, 5.41) is 0. The van der Waals surface area contributed by atoms with E-state index in [1.807, 2.05) is 6.92 Å². The Balaban J connectivity index is 3.67. The molecule has 2 nitrogen and oxygen atoms in total. The van der Waals surface area contributed by atoms with Crippen molar-refractivity contribution >= 4 is 5.97 Å².